The fraction of sp³-hybridized carbons (Fsp3) is 0.143. The first-order valence-corrected chi connectivity index (χ1v) is 4.46. The van der Waals surface area contributed by atoms with Gasteiger partial charge in [0.1, 0.15) is 0 Å². The van der Waals surface area contributed by atoms with Gasteiger partial charge in [-0.05, 0) is 12.3 Å². The average molecular weight is 165 g/mol. The van der Waals surface area contributed by atoms with E-state index in [-0.39, 0.29) is 0 Å². The van der Waals surface area contributed by atoms with Gasteiger partial charge < -0.3 is 0 Å². The Morgan fingerprint density at radius 2 is 2.45 bits per heavy atom. The summed E-state index contributed by atoms with van der Waals surface area (Å²) in [5.74, 6) is 0. The molecule has 3 nitrogen and oxygen atoms in total. The standard InChI is InChI=1S/C7H7N3S/c1-11-6-5-9-10-4-2-3-8-7(6)10/h2-5H,1H3. The van der Waals surface area contributed by atoms with E-state index in [9.17, 15) is 0 Å². The normalized spacial score (nSPS) is 10.6. The third-order valence-corrected chi connectivity index (χ3v) is 2.19. The molecule has 0 radical (unpaired) electrons. The Balaban J connectivity index is 2.76. The van der Waals surface area contributed by atoms with Gasteiger partial charge in [-0.25, -0.2) is 9.50 Å². The monoisotopic (exact) mass is 165 g/mol. The zero-order valence-corrected chi connectivity index (χ0v) is 6.88. The van der Waals surface area contributed by atoms with Crippen LogP contribution in [0.15, 0.2) is 29.6 Å². The SMILES string of the molecule is CSc1cnn2cccnc12. The van der Waals surface area contributed by atoms with Gasteiger partial charge in [-0.15, -0.1) is 11.8 Å². The maximum absolute atomic E-state index is 4.19. The molecule has 0 fully saturated rings. The Morgan fingerprint density at radius 3 is 3.27 bits per heavy atom. The first-order valence-electron chi connectivity index (χ1n) is 3.24. The predicted octanol–water partition coefficient (Wildman–Crippen LogP) is 1.45. The summed E-state index contributed by atoms with van der Waals surface area (Å²) in [6, 6.07) is 1.87. The quantitative estimate of drug-likeness (QED) is 0.599. The maximum Gasteiger partial charge on any atom is 0.168 e. The molecule has 0 N–H and O–H groups in total. The number of fused-ring (bicyclic) bond motifs is 1. The highest BCUT2D eigenvalue weighted by atomic mass is 32.2. The summed E-state index contributed by atoms with van der Waals surface area (Å²) in [4.78, 5) is 5.31. The molecule has 0 aliphatic heterocycles. The smallest absolute Gasteiger partial charge is 0.168 e. The van der Waals surface area contributed by atoms with Crippen LogP contribution in [-0.4, -0.2) is 20.9 Å². The number of hydrogen-bond acceptors (Lipinski definition) is 3. The number of aromatic nitrogens is 3. The number of nitrogens with zero attached hydrogens (tertiary/aromatic N) is 3. The van der Waals surface area contributed by atoms with Gasteiger partial charge in [0.15, 0.2) is 5.65 Å². The van der Waals surface area contributed by atoms with E-state index in [1.54, 1.807) is 22.5 Å². The van der Waals surface area contributed by atoms with E-state index in [4.69, 9.17) is 0 Å². The third-order valence-electron chi connectivity index (χ3n) is 1.47. The Kier molecular flexibility index (Phi) is 1.54. The highest BCUT2D eigenvalue weighted by molar-refractivity contribution is 7.98. The van der Waals surface area contributed by atoms with E-state index in [1.165, 1.54) is 0 Å². The van der Waals surface area contributed by atoms with Gasteiger partial charge in [0.05, 0.1) is 11.1 Å². The van der Waals surface area contributed by atoms with Crippen LogP contribution in [0.25, 0.3) is 5.65 Å². The van der Waals surface area contributed by atoms with E-state index >= 15 is 0 Å². The number of rotatable bonds is 1. The molecule has 2 aromatic heterocycles. The van der Waals surface area contributed by atoms with Gasteiger partial charge in [-0.3, -0.25) is 0 Å². The van der Waals surface area contributed by atoms with Crippen molar-refractivity contribution in [1.82, 2.24) is 14.6 Å². The summed E-state index contributed by atoms with van der Waals surface area (Å²) in [6.45, 7) is 0. The van der Waals surface area contributed by atoms with E-state index < -0.39 is 0 Å². The van der Waals surface area contributed by atoms with Crippen molar-refractivity contribution in [2.75, 3.05) is 6.26 Å². The van der Waals surface area contributed by atoms with Crippen LogP contribution in [0.5, 0.6) is 0 Å². The van der Waals surface area contributed by atoms with E-state index in [0.29, 0.717) is 0 Å². The van der Waals surface area contributed by atoms with Crippen LogP contribution in [0.4, 0.5) is 0 Å². The molecule has 0 bridgehead atoms. The van der Waals surface area contributed by atoms with Gasteiger partial charge in [0.2, 0.25) is 0 Å². The summed E-state index contributed by atoms with van der Waals surface area (Å²) >= 11 is 1.66. The highest BCUT2D eigenvalue weighted by Crippen LogP contribution is 2.17. The molecule has 0 aliphatic carbocycles. The molecule has 56 valence electrons. The molecule has 2 aromatic rings. The molecule has 0 aliphatic rings. The van der Waals surface area contributed by atoms with Crippen molar-refractivity contribution in [3.63, 3.8) is 0 Å². The zero-order chi connectivity index (χ0) is 7.68. The highest BCUT2D eigenvalue weighted by Gasteiger charge is 2.00. The molecule has 2 rings (SSSR count). The lowest BCUT2D eigenvalue weighted by Gasteiger charge is -1.90. The topological polar surface area (TPSA) is 30.2 Å². The van der Waals surface area contributed by atoms with Gasteiger partial charge >= 0.3 is 0 Å². The molecule has 11 heavy (non-hydrogen) atoms. The molecule has 0 spiro atoms. The van der Waals surface area contributed by atoms with Crippen molar-refractivity contribution in [1.29, 1.82) is 0 Å². The van der Waals surface area contributed by atoms with Crippen molar-refractivity contribution in [3.8, 4) is 0 Å². The fourth-order valence-corrected chi connectivity index (χ4v) is 1.43. The maximum atomic E-state index is 4.19. The fourth-order valence-electron chi connectivity index (χ4n) is 0.949. The summed E-state index contributed by atoms with van der Waals surface area (Å²) in [5, 5.41) is 4.12. The minimum atomic E-state index is 0.931. The molecule has 0 atom stereocenters. The Labute approximate surface area is 68.4 Å². The van der Waals surface area contributed by atoms with E-state index in [0.717, 1.165) is 10.5 Å². The lowest BCUT2D eigenvalue weighted by atomic mass is 10.6. The zero-order valence-electron chi connectivity index (χ0n) is 6.06. The van der Waals surface area contributed by atoms with Crippen molar-refractivity contribution in [2.24, 2.45) is 0 Å². The van der Waals surface area contributed by atoms with Crippen LogP contribution < -0.4 is 0 Å². The second-order valence-electron chi connectivity index (χ2n) is 2.10. The summed E-state index contributed by atoms with van der Waals surface area (Å²) in [5.41, 5.74) is 0.931. The molecule has 4 heteroatoms. The second kappa shape index (κ2) is 2.54. The number of hydrogen-bond donors (Lipinski definition) is 0. The van der Waals surface area contributed by atoms with Crippen molar-refractivity contribution in [2.45, 2.75) is 4.90 Å². The minimum Gasteiger partial charge on any atom is -0.236 e. The molecular weight excluding hydrogens is 158 g/mol. The van der Waals surface area contributed by atoms with Crippen LogP contribution in [0.1, 0.15) is 0 Å². The molecular formula is C7H7N3S. The van der Waals surface area contributed by atoms with Gasteiger partial charge in [0, 0.05) is 12.4 Å². The first-order chi connectivity index (χ1) is 5.42. The largest absolute Gasteiger partial charge is 0.236 e. The first kappa shape index (κ1) is 6.67. The Morgan fingerprint density at radius 1 is 1.55 bits per heavy atom. The summed E-state index contributed by atoms with van der Waals surface area (Å²) in [6.07, 6.45) is 7.51. The molecule has 0 unspecified atom stereocenters. The van der Waals surface area contributed by atoms with Crippen LogP contribution in [0.3, 0.4) is 0 Å². The van der Waals surface area contributed by atoms with Crippen LogP contribution in [0.2, 0.25) is 0 Å². The van der Waals surface area contributed by atoms with Gasteiger partial charge in [0.25, 0.3) is 0 Å². The van der Waals surface area contributed by atoms with Crippen molar-refractivity contribution in [3.05, 3.63) is 24.7 Å². The molecule has 0 amide bonds. The number of thioether (sulfide) groups is 1. The van der Waals surface area contributed by atoms with Crippen molar-refractivity contribution >= 4 is 17.4 Å². The Hall–Kier alpha value is -1.03. The van der Waals surface area contributed by atoms with Crippen LogP contribution in [-0.2, 0) is 0 Å². The lowest BCUT2D eigenvalue weighted by Crippen LogP contribution is -1.86. The summed E-state index contributed by atoms with van der Waals surface area (Å²) in [7, 11) is 0. The lowest BCUT2D eigenvalue weighted by molar-refractivity contribution is 0.939. The summed E-state index contributed by atoms with van der Waals surface area (Å²) < 4.78 is 1.77. The second-order valence-corrected chi connectivity index (χ2v) is 2.95. The van der Waals surface area contributed by atoms with Gasteiger partial charge in [-0.2, -0.15) is 5.10 Å². The van der Waals surface area contributed by atoms with Gasteiger partial charge in [-0.1, -0.05) is 0 Å². The van der Waals surface area contributed by atoms with Crippen LogP contribution >= 0.6 is 11.8 Å². The third kappa shape index (κ3) is 0.991. The Bertz CT molecular complexity index is 368. The van der Waals surface area contributed by atoms with E-state index in [2.05, 4.69) is 10.1 Å². The predicted molar refractivity (Wildman–Crippen MR) is 44.8 cm³/mol. The van der Waals surface area contributed by atoms with Crippen LogP contribution in [0, 0.1) is 0 Å². The average Bonchev–Trinajstić information content (AvgIpc) is 2.47. The minimum absolute atomic E-state index is 0.931. The molecule has 0 aromatic carbocycles. The molecule has 0 saturated carbocycles. The van der Waals surface area contributed by atoms with Crippen molar-refractivity contribution < 1.29 is 0 Å². The molecule has 2 heterocycles. The molecule has 0 saturated heterocycles. The van der Waals surface area contributed by atoms with E-state index in [1.807, 2.05) is 24.7 Å².